The van der Waals surface area contributed by atoms with Crippen molar-refractivity contribution in [1.82, 2.24) is 4.90 Å². The molecule has 1 aliphatic rings. The van der Waals surface area contributed by atoms with Gasteiger partial charge in [-0.2, -0.15) is 11.8 Å². The van der Waals surface area contributed by atoms with Gasteiger partial charge in [-0.1, -0.05) is 19.1 Å². The summed E-state index contributed by atoms with van der Waals surface area (Å²) in [6.07, 6.45) is 0. The molecule has 5 nitrogen and oxygen atoms in total. The first kappa shape index (κ1) is 15.7. The van der Waals surface area contributed by atoms with Gasteiger partial charge in [0.15, 0.2) is 0 Å². The molecule has 0 aliphatic carbocycles. The molecule has 2 N–H and O–H groups in total. The van der Waals surface area contributed by atoms with Crippen LogP contribution in [0.4, 0.5) is 10.5 Å². The summed E-state index contributed by atoms with van der Waals surface area (Å²) in [5.74, 6) is -0.136. The molecule has 21 heavy (non-hydrogen) atoms. The van der Waals surface area contributed by atoms with E-state index in [1.807, 2.05) is 18.7 Å². The van der Waals surface area contributed by atoms with Crippen LogP contribution in [0.15, 0.2) is 18.2 Å². The number of nitrogens with one attached hydrogen (secondary N) is 1. The Hall–Kier alpha value is -1.69. The number of carbonyl (C=O) groups is 2. The van der Waals surface area contributed by atoms with Gasteiger partial charge in [-0.25, -0.2) is 9.59 Å². The third kappa shape index (κ3) is 3.32. The predicted octanol–water partition coefficient (Wildman–Crippen LogP) is 3.05. The maximum absolute atomic E-state index is 12.5. The van der Waals surface area contributed by atoms with Gasteiger partial charge in [0.2, 0.25) is 0 Å². The van der Waals surface area contributed by atoms with E-state index in [1.54, 1.807) is 24.0 Å². The van der Waals surface area contributed by atoms with Gasteiger partial charge in [-0.15, -0.1) is 0 Å². The molecule has 2 rings (SSSR count). The minimum Gasteiger partial charge on any atom is -0.478 e. The maximum Gasteiger partial charge on any atom is 0.337 e. The summed E-state index contributed by atoms with van der Waals surface area (Å²) in [5.41, 5.74) is 1.25. The number of benzene rings is 1. The van der Waals surface area contributed by atoms with Crippen molar-refractivity contribution in [3.63, 3.8) is 0 Å². The molecule has 0 aromatic heterocycles. The molecule has 6 heteroatoms. The van der Waals surface area contributed by atoms with Gasteiger partial charge in [0.05, 0.1) is 11.3 Å². The Labute approximate surface area is 128 Å². The molecule has 1 saturated heterocycles. The van der Waals surface area contributed by atoms with Crippen molar-refractivity contribution >= 4 is 29.4 Å². The number of aryl methyl sites for hydroxylation is 1. The summed E-state index contributed by atoms with van der Waals surface area (Å²) in [6.45, 7) is 6.59. The van der Waals surface area contributed by atoms with Gasteiger partial charge in [0.1, 0.15) is 0 Å². The van der Waals surface area contributed by atoms with Crippen molar-refractivity contribution in [2.45, 2.75) is 32.1 Å². The lowest BCUT2D eigenvalue weighted by atomic mass is 10.1. The first-order valence-electron chi connectivity index (χ1n) is 6.94. The largest absolute Gasteiger partial charge is 0.478 e. The number of urea groups is 1. The maximum atomic E-state index is 12.5. The van der Waals surface area contributed by atoms with Crippen molar-refractivity contribution in [3.8, 4) is 0 Å². The zero-order valence-corrected chi connectivity index (χ0v) is 13.2. The van der Waals surface area contributed by atoms with E-state index in [0.717, 1.165) is 11.3 Å². The Morgan fingerprint density at radius 3 is 2.76 bits per heavy atom. The third-order valence-corrected chi connectivity index (χ3v) is 5.22. The second-order valence-corrected chi connectivity index (χ2v) is 6.73. The average Bonchev–Trinajstić information content (AvgIpc) is 2.43. The van der Waals surface area contributed by atoms with E-state index in [-0.39, 0.29) is 17.6 Å². The standard InChI is InChI=1S/C15H20N2O3S/c1-9-5-4-6-12(14(18)19)13(9)16-15(20)17-7-8-21-11(3)10(17)2/h4-6,10-11H,7-8H2,1-3H3,(H,16,20)(H,18,19). The van der Waals surface area contributed by atoms with Gasteiger partial charge in [-0.3, -0.25) is 0 Å². The molecule has 1 aromatic carbocycles. The number of para-hydroxylation sites is 1. The summed E-state index contributed by atoms with van der Waals surface area (Å²) in [7, 11) is 0. The number of rotatable bonds is 2. The number of carboxylic acid groups (broad SMARTS) is 1. The van der Waals surface area contributed by atoms with Crippen LogP contribution < -0.4 is 5.32 Å². The van der Waals surface area contributed by atoms with E-state index in [4.69, 9.17) is 0 Å². The molecule has 1 fully saturated rings. The van der Waals surface area contributed by atoms with Crippen molar-refractivity contribution in [2.75, 3.05) is 17.6 Å². The molecule has 114 valence electrons. The third-order valence-electron chi connectivity index (χ3n) is 3.88. The normalized spacial score (nSPS) is 22.0. The van der Waals surface area contributed by atoms with Crippen molar-refractivity contribution in [3.05, 3.63) is 29.3 Å². The van der Waals surface area contributed by atoms with Crippen molar-refractivity contribution in [2.24, 2.45) is 0 Å². The smallest absolute Gasteiger partial charge is 0.337 e. The lowest BCUT2D eigenvalue weighted by molar-refractivity contribution is 0.0698. The topological polar surface area (TPSA) is 69.6 Å². The van der Waals surface area contributed by atoms with Crippen LogP contribution >= 0.6 is 11.8 Å². The molecule has 2 amide bonds. The number of anilines is 1. The highest BCUT2D eigenvalue weighted by molar-refractivity contribution is 8.00. The van der Waals surface area contributed by atoms with Gasteiger partial charge in [-0.05, 0) is 25.5 Å². The van der Waals surface area contributed by atoms with Crippen LogP contribution in [0.5, 0.6) is 0 Å². The number of nitrogens with zero attached hydrogens (tertiary/aromatic N) is 1. The zero-order chi connectivity index (χ0) is 15.6. The lowest BCUT2D eigenvalue weighted by Crippen LogP contribution is -2.49. The van der Waals surface area contributed by atoms with Crippen LogP contribution in [-0.4, -0.2) is 45.6 Å². The van der Waals surface area contributed by atoms with E-state index in [0.29, 0.717) is 17.5 Å². The van der Waals surface area contributed by atoms with E-state index >= 15 is 0 Å². The molecule has 2 unspecified atom stereocenters. The Balaban J connectivity index is 2.22. The summed E-state index contributed by atoms with van der Waals surface area (Å²) in [4.78, 5) is 25.5. The van der Waals surface area contributed by atoms with Gasteiger partial charge in [0, 0.05) is 23.6 Å². The van der Waals surface area contributed by atoms with E-state index in [2.05, 4.69) is 12.2 Å². The van der Waals surface area contributed by atoms with Crippen LogP contribution in [0.2, 0.25) is 0 Å². The van der Waals surface area contributed by atoms with Crippen LogP contribution in [0, 0.1) is 6.92 Å². The van der Waals surface area contributed by atoms with Crippen LogP contribution in [0.25, 0.3) is 0 Å². The molecular weight excluding hydrogens is 288 g/mol. The molecule has 1 aliphatic heterocycles. The number of hydrogen-bond acceptors (Lipinski definition) is 3. The summed E-state index contributed by atoms with van der Waals surface area (Å²) < 4.78 is 0. The van der Waals surface area contributed by atoms with Crippen LogP contribution in [0.1, 0.15) is 29.8 Å². The van der Waals surface area contributed by atoms with E-state index in [1.165, 1.54) is 6.07 Å². The molecule has 1 heterocycles. The summed E-state index contributed by atoms with van der Waals surface area (Å²) >= 11 is 1.85. The highest BCUT2D eigenvalue weighted by atomic mass is 32.2. The van der Waals surface area contributed by atoms with E-state index < -0.39 is 5.97 Å². The van der Waals surface area contributed by atoms with Crippen LogP contribution in [-0.2, 0) is 0 Å². The van der Waals surface area contributed by atoms with Crippen molar-refractivity contribution < 1.29 is 14.7 Å². The number of amides is 2. The number of thioether (sulfide) groups is 1. The number of aromatic carboxylic acids is 1. The zero-order valence-electron chi connectivity index (χ0n) is 12.4. The summed E-state index contributed by atoms with van der Waals surface area (Å²) in [6, 6.07) is 4.87. The molecule has 0 saturated carbocycles. The predicted molar refractivity (Wildman–Crippen MR) is 85.2 cm³/mol. The minimum atomic E-state index is -1.04. The second kappa shape index (κ2) is 6.39. The van der Waals surface area contributed by atoms with Gasteiger partial charge in [0.25, 0.3) is 0 Å². The lowest BCUT2D eigenvalue weighted by Gasteiger charge is -2.37. The van der Waals surface area contributed by atoms with Gasteiger partial charge < -0.3 is 15.3 Å². The Bertz CT molecular complexity index is 562. The highest BCUT2D eigenvalue weighted by Gasteiger charge is 2.29. The van der Waals surface area contributed by atoms with Crippen molar-refractivity contribution in [1.29, 1.82) is 0 Å². The molecule has 2 atom stereocenters. The average molecular weight is 308 g/mol. The molecule has 0 bridgehead atoms. The number of hydrogen-bond donors (Lipinski definition) is 2. The van der Waals surface area contributed by atoms with Gasteiger partial charge >= 0.3 is 12.0 Å². The minimum absolute atomic E-state index is 0.121. The molecule has 0 radical (unpaired) electrons. The number of carboxylic acids is 1. The Morgan fingerprint density at radius 1 is 1.38 bits per heavy atom. The fraction of sp³-hybridized carbons (Fsp3) is 0.467. The second-order valence-electron chi connectivity index (χ2n) is 5.24. The highest BCUT2D eigenvalue weighted by Crippen LogP contribution is 2.26. The molecular formula is C15H20N2O3S. The Morgan fingerprint density at radius 2 is 2.10 bits per heavy atom. The van der Waals surface area contributed by atoms with E-state index in [9.17, 15) is 14.7 Å². The quantitative estimate of drug-likeness (QED) is 0.881. The first-order chi connectivity index (χ1) is 9.91. The molecule has 0 spiro atoms. The first-order valence-corrected chi connectivity index (χ1v) is 7.99. The SMILES string of the molecule is Cc1cccc(C(=O)O)c1NC(=O)N1CCSC(C)C1C. The van der Waals surface area contributed by atoms with Crippen LogP contribution in [0.3, 0.4) is 0 Å². The Kier molecular flexibility index (Phi) is 4.77. The monoisotopic (exact) mass is 308 g/mol. The number of carbonyl (C=O) groups excluding carboxylic acids is 1. The summed E-state index contributed by atoms with van der Waals surface area (Å²) in [5, 5.41) is 12.4. The molecule has 1 aromatic rings. The fourth-order valence-electron chi connectivity index (χ4n) is 2.41. The fourth-order valence-corrected chi connectivity index (χ4v) is 3.51.